The van der Waals surface area contributed by atoms with Crippen molar-refractivity contribution in [2.24, 2.45) is 5.92 Å². The highest BCUT2D eigenvalue weighted by Gasteiger charge is 2.31. The normalized spacial score (nSPS) is 17.2. The van der Waals surface area contributed by atoms with Crippen LogP contribution in [0.3, 0.4) is 0 Å². The average Bonchev–Trinajstić information content (AvgIpc) is 3.00. The summed E-state index contributed by atoms with van der Waals surface area (Å²) in [5, 5.41) is 3.35. The number of carbonyl (C=O) groups excluding carboxylic acids is 2. The standard InChI is InChI=1S/C19H19ClN2O4S/c1-27(25,26)17-5-3-2-4-16(17)19(24)21-11-13-10-18(23)22(12-13)15-8-6-14(20)7-9-15/h2-9,13H,10-12H2,1H3,(H,21,24). The number of amides is 2. The predicted octanol–water partition coefficient (Wildman–Crippen LogP) is 2.53. The van der Waals surface area contributed by atoms with Gasteiger partial charge in [0.1, 0.15) is 0 Å². The van der Waals surface area contributed by atoms with Gasteiger partial charge >= 0.3 is 0 Å². The minimum Gasteiger partial charge on any atom is -0.352 e. The van der Waals surface area contributed by atoms with Gasteiger partial charge in [-0.25, -0.2) is 8.42 Å². The van der Waals surface area contributed by atoms with Gasteiger partial charge in [0.25, 0.3) is 5.91 Å². The molecule has 0 spiro atoms. The first-order chi connectivity index (χ1) is 12.8. The molecule has 2 amide bonds. The fourth-order valence-corrected chi connectivity index (χ4v) is 4.11. The summed E-state index contributed by atoms with van der Waals surface area (Å²) in [4.78, 5) is 26.4. The summed E-state index contributed by atoms with van der Waals surface area (Å²) in [5.74, 6) is -0.538. The Morgan fingerprint density at radius 3 is 2.52 bits per heavy atom. The summed E-state index contributed by atoms with van der Waals surface area (Å²) in [5.41, 5.74) is 0.875. The van der Waals surface area contributed by atoms with Crippen molar-refractivity contribution in [2.75, 3.05) is 24.2 Å². The van der Waals surface area contributed by atoms with Gasteiger partial charge in [-0.05, 0) is 36.4 Å². The Bertz CT molecular complexity index is 973. The largest absolute Gasteiger partial charge is 0.352 e. The molecule has 1 N–H and O–H groups in total. The molecule has 6 nitrogen and oxygen atoms in total. The van der Waals surface area contributed by atoms with Crippen LogP contribution in [-0.4, -0.2) is 39.6 Å². The molecule has 3 rings (SSSR count). The van der Waals surface area contributed by atoms with Crippen LogP contribution in [0.1, 0.15) is 16.8 Å². The van der Waals surface area contributed by atoms with Gasteiger partial charge in [0.05, 0.1) is 10.5 Å². The third kappa shape index (κ3) is 4.48. The van der Waals surface area contributed by atoms with E-state index in [1.807, 2.05) is 0 Å². The third-order valence-electron chi connectivity index (χ3n) is 4.43. The third-order valence-corrected chi connectivity index (χ3v) is 5.83. The lowest BCUT2D eigenvalue weighted by Crippen LogP contribution is -2.32. The molecule has 1 atom stereocenters. The number of anilines is 1. The van der Waals surface area contributed by atoms with E-state index in [1.165, 1.54) is 12.1 Å². The summed E-state index contributed by atoms with van der Waals surface area (Å²) in [7, 11) is -3.51. The Kier molecular flexibility index (Phi) is 5.53. The predicted molar refractivity (Wildman–Crippen MR) is 104 cm³/mol. The minimum absolute atomic E-state index is 0.00668. The molecule has 8 heteroatoms. The highest BCUT2D eigenvalue weighted by Crippen LogP contribution is 2.26. The van der Waals surface area contributed by atoms with Crippen LogP contribution in [0.5, 0.6) is 0 Å². The summed E-state index contributed by atoms with van der Waals surface area (Å²) in [6.07, 6.45) is 1.38. The Morgan fingerprint density at radius 1 is 1.19 bits per heavy atom. The van der Waals surface area contributed by atoms with Crippen molar-refractivity contribution in [1.29, 1.82) is 0 Å². The Labute approximate surface area is 163 Å². The zero-order valence-electron chi connectivity index (χ0n) is 14.7. The average molecular weight is 407 g/mol. The molecule has 27 heavy (non-hydrogen) atoms. The first-order valence-corrected chi connectivity index (χ1v) is 10.7. The van der Waals surface area contributed by atoms with E-state index in [9.17, 15) is 18.0 Å². The van der Waals surface area contributed by atoms with Gasteiger partial charge in [0.15, 0.2) is 9.84 Å². The van der Waals surface area contributed by atoms with E-state index >= 15 is 0 Å². The molecule has 1 saturated heterocycles. The van der Waals surface area contributed by atoms with Gasteiger partial charge in [-0.2, -0.15) is 0 Å². The van der Waals surface area contributed by atoms with Crippen LogP contribution in [0.2, 0.25) is 5.02 Å². The molecule has 2 aromatic rings. The quantitative estimate of drug-likeness (QED) is 0.827. The van der Waals surface area contributed by atoms with E-state index in [0.717, 1.165) is 11.9 Å². The molecule has 1 aliphatic heterocycles. The van der Waals surface area contributed by atoms with Crippen LogP contribution < -0.4 is 10.2 Å². The molecule has 0 aliphatic carbocycles. The van der Waals surface area contributed by atoms with Crippen molar-refractivity contribution in [3.8, 4) is 0 Å². The fraction of sp³-hybridized carbons (Fsp3) is 0.263. The van der Waals surface area contributed by atoms with Crippen molar-refractivity contribution >= 4 is 38.9 Å². The minimum atomic E-state index is -3.51. The van der Waals surface area contributed by atoms with Crippen LogP contribution in [-0.2, 0) is 14.6 Å². The summed E-state index contributed by atoms with van der Waals surface area (Å²) >= 11 is 5.88. The van der Waals surface area contributed by atoms with Crippen LogP contribution in [0.25, 0.3) is 0 Å². The first-order valence-electron chi connectivity index (χ1n) is 8.39. The molecule has 1 heterocycles. The van der Waals surface area contributed by atoms with E-state index in [0.29, 0.717) is 18.0 Å². The molecular weight excluding hydrogens is 388 g/mol. The highest BCUT2D eigenvalue weighted by atomic mass is 35.5. The second kappa shape index (κ2) is 7.70. The Morgan fingerprint density at radius 2 is 1.85 bits per heavy atom. The lowest BCUT2D eigenvalue weighted by molar-refractivity contribution is -0.117. The second-order valence-electron chi connectivity index (χ2n) is 6.53. The smallest absolute Gasteiger partial charge is 0.252 e. The number of nitrogens with zero attached hydrogens (tertiary/aromatic N) is 1. The molecule has 0 radical (unpaired) electrons. The maximum atomic E-state index is 12.5. The van der Waals surface area contributed by atoms with E-state index in [-0.39, 0.29) is 28.8 Å². The molecule has 2 aromatic carbocycles. The molecule has 1 fully saturated rings. The van der Waals surface area contributed by atoms with Crippen LogP contribution in [0, 0.1) is 5.92 Å². The van der Waals surface area contributed by atoms with Crippen molar-refractivity contribution in [3.05, 3.63) is 59.1 Å². The van der Waals surface area contributed by atoms with Crippen molar-refractivity contribution in [1.82, 2.24) is 5.32 Å². The van der Waals surface area contributed by atoms with E-state index in [4.69, 9.17) is 11.6 Å². The van der Waals surface area contributed by atoms with Crippen molar-refractivity contribution < 1.29 is 18.0 Å². The number of rotatable bonds is 5. The number of carbonyl (C=O) groups is 2. The summed E-state index contributed by atoms with van der Waals surface area (Å²) in [6, 6.07) is 13.1. The van der Waals surface area contributed by atoms with Crippen LogP contribution in [0.4, 0.5) is 5.69 Å². The second-order valence-corrected chi connectivity index (χ2v) is 8.95. The van der Waals surface area contributed by atoms with E-state index < -0.39 is 15.7 Å². The topological polar surface area (TPSA) is 83.5 Å². The zero-order valence-corrected chi connectivity index (χ0v) is 16.3. The highest BCUT2D eigenvalue weighted by molar-refractivity contribution is 7.90. The number of benzene rings is 2. The maximum absolute atomic E-state index is 12.5. The van der Waals surface area contributed by atoms with Gasteiger partial charge < -0.3 is 10.2 Å². The number of hydrogen-bond donors (Lipinski definition) is 1. The lowest BCUT2D eigenvalue weighted by Gasteiger charge is -2.17. The molecular formula is C19H19ClN2O4S. The summed E-state index contributed by atoms with van der Waals surface area (Å²) < 4.78 is 23.7. The van der Waals surface area contributed by atoms with Gasteiger partial charge in [0, 0.05) is 42.4 Å². The Hall–Kier alpha value is -2.38. The number of hydrogen-bond acceptors (Lipinski definition) is 4. The molecule has 0 aromatic heterocycles. The molecule has 1 unspecified atom stereocenters. The fourth-order valence-electron chi connectivity index (χ4n) is 3.10. The van der Waals surface area contributed by atoms with Gasteiger partial charge in [-0.3, -0.25) is 9.59 Å². The number of nitrogens with one attached hydrogen (secondary N) is 1. The molecule has 142 valence electrons. The van der Waals surface area contributed by atoms with Crippen LogP contribution >= 0.6 is 11.6 Å². The van der Waals surface area contributed by atoms with E-state index in [2.05, 4.69) is 5.32 Å². The van der Waals surface area contributed by atoms with Gasteiger partial charge in [-0.15, -0.1) is 0 Å². The number of sulfone groups is 1. The summed E-state index contributed by atoms with van der Waals surface area (Å²) in [6.45, 7) is 0.765. The molecule has 0 bridgehead atoms. The van der Waals surface area contributed by atoms with Crippen molar-refractivity contribution in [2.45, 2.75) is 11.3 Å². The number of halogens is 1. The van der Waals surface area contributed by atoms with E-state index in [1.54, 1.807) is 41.3 Å². The SMILES string of the molecule is CS(=O)(=O)c1ccccc1C(=O)NCC1CC(=O)N(c2ccc(Cl)cc2)C1. The monoisotopic (exact) mass is 406 g/mol. The first kappa shape index (κ1) is 19.4. The molecule has 1 aliphatic rings. The maximum Gasteiger partial charge on any atom is 0.252 e. The van der Waals surface area contributed by atoms with Gasteiger partial charge in [-0.1, -0.05) is 23.7 Å². The van der Waals surface area contributed by atoms with Crippen molar-refractivity contribution in [3.63, 3.8) is 0 Å². The lowest BCUT2D eigenvalue weighted by atomic mass is 10.1. The van der Waals surface area contributed by atoms with Crippen LogP contribution in [0.15, 0.2) is 53.4 Å². The zero-order chi connectivity index (χ0) is 19.6. The van der Waals surface area contributed by atoms with Gasteiger partial charge in [0.2, 0.25) is 5.91 Å². The Balaban J connectivity index is 1.65. The molecule has 0 saturated carbocycles.